The third-order valence-corrected chi connectivity index (χ3v) is 3.68. The van der Waals surface area contributed by atoms with E-state index in [1.165, 1.54) is 17.7 Å². The normalized spacial score (nSPS) is 14.5. The summed E-state index contributed by atoms with van der Waals surface area (Å²) < 4.78 is 12.8. The van der Waals surface area contributed by atoms with E-state index in [9.17, 15) is 9.50 Å². The topological polar surface area (TPSA) is 20.2 Å². The molecule has 1 atom stereocenters. The Morgan fingerprint density at radius 1 is 1.24 bits per heavy atom. The van der Waals surface area contributed by atoms with Gasteiger partial charge in [-0.05, 0) is 59.9 Å². The highest BCUT2D eigenvalue weighted by Gasteiger charge is 2.22. The molecule has 0 aliphatic heterocycles. The Labute approximate surface area is 105 Å². The summed E-state index contributed by atoms with van der Waals surface area (Å²) in [6, 6.07) is 8.11. The molecule has 0 amide bonds. The number of aliphatic hydroxyl groups is 1. The van der Waals surface area contributed by atoms with Gasteiger partial charge in [-0.3, -0.25) is 0 Å². The summed E-state index contributed by atoms with van der Waals surface area (Å²) >= 11 is 1.66. The number of thiophene rings is 1. The second-order valence-electron chi connectivity index (χ2n) is 4.41. The molecule has 1 aromatic carbocycles. The van der Waals surface area contributed by atoms with Gasteiger partial charge in [-0.2, -0.15) is 11.3 Å². The first-order chi connectivity index (χ1) is 8.08. The predicted molar refractivity (Wildman–Crippen MR) is 68.6 cm³/mol. The molecule has 2 rings (SSSR count). The number of halogens is 1. The molecule has 1 aromatic heterocycles. The molecule has 0 aliphatic carbocycles. The van der Waals surface area contributed by atoms with Crippen LogP contribution in [0.25, 0.3) is 0 Å². The summed E-state index contributed by atoms with van der Waals surface area (Å²) in [5.74, 6) is -0.276. The number of hydrogen-bond acceptors (Lipinski definition) is 2. The van der Waals surface area contributed by atoms with Gasteiger partial charge in [0.2, 0.25) is 0 Å². The van der Waals surface area contributed by atoms with Gasteiger partial charge in [0.15, 0.2) is 0 Å². The molecule has 1 nitrogen and oxygen atoms in total. The second kappa shape index (κ2) is 4.98. The molecular formula is C14H15FOS. The van der Waals surface area contributed by atoms with Gasteiger partial charge in [0.25, 0.3) is 0 Å². The molecule has 1 unspecified atom stereocenters. The van der Waals surface area contributed by atoms with Crippen LogP contribution in [0.5, 0.6) is 0 Å². The van der Waals surface area contributed by atoms with E-state index >= 15 is 0 Å². The van der Waals surface area contributed by atoms with E-state index in [1.807, 2.05) is 5.38 Å². The molecule has 90 valence electrons. The predicted octanol–water partition coefficient (Wildman–Crippen LogP) is 3.73. The van der Waals surface area contributed by atoms with Crippen molar-refractivity contribution in [2.75, 3.05) is 0 Å². The average Bonchev–Trinajstić information content (AvgIpc) is 2.80. The summed E-state index contributed by atoms with van der Waals surface area (Å²) in [5, 5.41) is 14.5. The Morgan fingerprint density at radius 3 is 2.53 bits per heavy atom. The van der Waals surface area contributed by atoms with Crippen LogP contribution in [0.2, 0.25) is 0 Å². The molecule has 0 fully saturated rings. The number of rotatable bonds is 4. The van der Waals surface area contributed by atoms with Crippen LogP contribution in [0.15, 0.2) is 41.1 Å². The summed E-state index contributed by atoms with van der Waals surface area (Å²) in [5.41, 5.74) is 1.09. The zero-order valence-corrected chi connectivity index (χ0v) is 10.5. The highest BCUT2D eigenvalue weighted by Crippen LogP contribution is 2.26. The molecule has 17 heavy (non-hydrogen) atoms. The second-order valence-corrected chi connectivity index (χ2v) is 5.19. The lowest BCUT2D eigenvalue weighted by atomic mass is 9.90. The third kappa shape index (κ3) is 3.14. The van der Waals surface area contributed by atoms with Crippen LogP contribution in [0.1, 0.15) is 24.5 Å². The summed E-state index contributed by atoms with van der Waals surface area (Å²) in [4.78, 5) is 0. The standard InChI is InChI=1S/C14H15FOS/c1-14(16,8-6-11-7-9-17-10-11)12-2-4-13(15)5-3-12/h2-5,7,9-10,16H,6,8H2,1H3. The number of benzene rings is 1. The zero-order valence-electron chi connectivity index (χ0n) is 9.69. The average molecular weight is 250 g/mol. The van der Waals surface area contributed by atoms with Crippen LogP contribution in [0.4, 0.5) is 4.39 Å². The van der Waals surface area contributed by atoms with Crippen LogP contribution < -0.4 is 0 Å². The van der Waals surface area contributed by atoms with Crippen molar-refractivity contribution >= 4 is 11.3 Å². The molecule has 1 heterocycles. The van der Waals surface area contributed by atoms with E-state index in [4.69, 9.17) is 0 Å². The van der Waals surface area contributed by atoms with Crippen LogP contribution in [-0.2, 0) is 12.0 Å². The molecular weight excluding hydrogens is 235 g/mol. The van der Waals surface area contributed by atoms with Gasteiger partial charge in [-0.1, -0.05) is 12.1 Å². The maximum atomic E-state index is 12.8. The lowest BCUT2D eigenvalue weighted by Crippen LogP contribution is -2.21. The minimum absolute atomic E-state index is 0.276. The number of hydrogen-bond donors (Lipinski definition) is 1. The van der Waals surface area contributed by atoms with Gasteiger partial charge in [-0.25, -0.2) is 4.39 Å². The minimum Gasteiger partial charge on any atom is -0.385 e. The van der Waals surface area contributed by atoms with Crippen molar-refractivity contribution in [3.63, 3.8) is 0 Å². The van der Waals surface area contributed by atoms with Crippen molar-refractivity contribution in [2.45, 2.75) is 25.4 Å². The van der Waals surface area contributed by atoms with E-state index in [-0.39, 0.29) is 5.82 Å². The van der Waals surface area contributed by atoms with Crippen molar-refractivity contribution < 1.29 is 9.50 Å². The van der Waals surface area contributed by atoms with Gasteiger partial charge in [0, 0.05) is 0 Å². The Morgan fingerprint density at radius 2 is 1.94 bits per heavy atom. The monoisotopic (exact) mass is 250 g/mol. The summed E-state index contributed by atoms with van der Waals surface area (Å²) in [6.45, 7) is 1.77. The summed E-state index contributed by atoms with van der Waals surface area (Å²) in [7, 11) is 0. The van der Waals surface area contributed by atoms with Crippen LogP contribution in [0.3, 0.4) is 0 Å². The SMILES string of the molecule is CC(O)(CCc1ccsc1)c1ccc(F)cc1. The van der Waals surface area contributed by atoms with Gasteiger partial charge < -0.3 is 5.11 Å². The fourth-order valence-corrected chi connectivity index (χ4v) is 2.48. The quantitative estimate of drug-likeness (QED) is 0.876. The molecule has 0 saturated heterocycles. The fourth-order valence-electron chi connectivity index (χ4n) is 1.78. The van der Waals surface area contributed by atoms with Gasteiger partial charge in [0.1, 0.15) is 5.82 Å². The number of aryl methyl sites for hydroxylation is 1. The van der Waals surface area contributed by atoms with E-state index in [0.717, 1.165) is 12.0 Å². The van der Waals surface area contributed by atoms with Crippen LogP contribution in [0, 0.1) is 5.82 Å². The largest absolute Gasteiger partial charge is 0.385 e. The fraction of sp³-hybridized carbons (Fsp3) is 0.286. The maximum absolute atomic E-state index is 12.8. The van der Waals surface area contributed by atoms with E-state index in [0.29, 0.717) is 6.42 Å². The van der Waals surface area contributed by atoms with Crippen LogP contribution >= 0.6 is 11.3 Å². The van der Waals surface area contributed by atoms with Gasteiger partial charge >= 0.3 is 0 Å². The minimum atomic E-state index is -0.907. The lowest BCUT2D eigenvalue weighted by Gasteiger charge is -2.23. The van der Waals surface area contributed by atoms with Crippen molar-refractivity contribution in [3.05, 3.63) is 58.0 Å². The zero-order chi connectivity index (χ0) is 12.3. The molecule has 0 aliphatic rings. The van der Waals surface area contributed by atoms with Crippen molar-refractivity contribution in [1.29, 1.82) is 0 Å². The smallest absolute Gasteiger partial charge is 0.123 e. The molecule has 0 radical (unpaired) electrons. The molecule has 3 heteroatoms. The highest BCUT2D eigenvalue weighted by molar-refractivity contribution is 7.07. The molecule has 0 spiro atoms. The van der Waals surface area contributed by atoms with Crippen molar-refractivity contribution in [2.24, 2.45) is 0 Å². The van der Waals surface area contributed by atoms with Crippen molar-refractivity contribution in [1.82, 2.24) is 0 Å². The molecule has 1 N–H and O–H groups in total. The summed E-state index contributed by atoms with van der Waals surface area (Å²) in [6.07, 6.45) is 1.46. The molecule has 0 bridgehead atoms. The van der Waals surface area contributed by atoms with E-state index in [2.05, 4.69) is 11.4 Å². The van der Waals surface area contributed by atoms with Gasteiger partial charge in [0.05, 0.1) is 5.60 Å². The van der Waals surface area contributed by atoms with Crippen LogP contribution in [-0.4, -0.2) is 5.11 Å². The van der Waals surface area contributed by atoms with Gasteiger partial charge in [-0.15, -0.1) is 0 Å². The molecule has 0 saturated carbocycles. The first-order valence-corrected chi connectivity index (χ1v) is 6.52. The Kier molecular flexibility index (Phi) is 3.60. The first kappa shape index (κ1) is 12.3. The maximum Gasteiger partial charge on any atom is 0.123 e. The third-order valence-electron chi connectivity index (χ3n) is 2.95. The van der Waals surface area contributed by atoms with E-state index in [1.54, 1.807) is 30.4 Å². The Bertz CT molecular complexity index is 459. The lowest BCUT2D eigenvalue weighted by molar-refractivity contribution is 0.0480. The molecule has 2 aromatic rings. The highest BCUT2D eigenvalue weighted by atomic mass is 32.1. The van der Waals surface area contributed by atoms with Crippen molar-refractivity contribution in [3.8, 4) is 0 Å². The Hall–Kier alpha value is -1.19. The Balaban J connectivity index is 2.05. The van der Waals surface area contributed by atoms with E-state index < -0.39 is 5.60 Å². The first-order valence-electron chi connectivity index (χ1n) is 5.57.